The molecule has 6 heteroatoms. The minimum absolute atomic E-state index is 0.164. The summed E-state index contributed by atoms with van der Waals surface area (Å²) < 4.78 is 26.2. The monoisotopic (exact) mass is 364 g/mol. The summed E-state index contributed by atoms with van der Waals surface area (Å²) in [6.07, 6.45) is 2.08. The van der Waals surface area contributed by atoms with Gasteiger partial charge in [0, 0.05) is 12.6 Å². The molecule has 1 fully saturated rings. The number of rotatable bonds is 6. The number of nitrogens with one attached hydrogen (secondary N) is 1. The quantitative estimate of drug-likeness (QED) is 0.811. The molecule has 0 heterocycles. The van der Waals surface area contributed by atoms with Gasteiger partial charge in [0.1, 0.15) is 11.6 Å². The Labute approximate surface area is 150 Å². The van der Waals surface area contributed by atoms with E-state index in [9.17, 15) is 13.6 Å². The summed E-state index contributed by atoms with van der Waals surface area (Å²) in [5, 5.41) is 2.92. The van der Waals surface area contributed by atoms with Crippen LogP contribution in [0.5, 0.6) is 0 Å². The largest absolute Gasteiger partial charge is 0.323 e. The first kappa shape index (κ1) is 17.8. The number of amides is 1. The number of anilines is 1. The summed E-state index contributed by atoms with van der Waals surface area (Å²) >= 11 is 5.97. The van der Waals surface area contributed by atoms with Crippen molar-refractivity contribution in [3.05, 3.63) is 64.7 Å². The van der Waals surface area contributed by atoms with Crippen molar-refractivity contribution in [2.45, 2.75) is 38.4 Å². The maximum absolute atomic E-state index is 13.1. The molecule has 1 saturated carbocycles. The van der Waals surface area contributed by atoms with E-state index in [1.807, 2.05) is 6.92 Å². The van der Waals surface area contributed by atoms with Crippen LogP contribution in [-0.4, -0.2) is 22.9 Å². The van der Waals surface area contributed by atoms with Crippen LogP contribution in [0.3, 0.4) is 0 Å². The average Bonchev–Trinajstić information content (AvgIpc) is 3.41. The molecule has 0 spiro atoms. The molecule has 0 aromatic heterocycles. The van der Waals surface area contributed by atoms with Gasteiger partial charge in [-0.1, -0.05) is 23.7 Å². The molecule has 2 aromatic carbocycles. The predicted molar refractivity (Wildman–Crippen MR) is 94.5 cm³/mol. The first-order valence-electron chi connectivity index (χ1n) is 8.20. The molecule has 0 bridgehead atoms. The molecule has 0 radical (unpaired) electrons. The summed E-state index contributed by atoms with van der Waals surface area (Å²) in [6.45, 7) is 2.39. The van der Waals surface area contributed by atoms with Crippen LogP contribution in [-0.2, 0) is 11.3 Å². The van der Waals surface area contributed by atoms with E-state index in [4.69, 9.17) is 11.6 Å². The SMILES string of the molecule is C[C@@H](C(=O)Nc1ccc(F)cc1Cl)N(Cc1ccc(F)cc1)C1CC1. The molecule has 3 rings (SSSR count). The lowest BCUT2D eigenvalue weighted by atomic mass is 10.1. The van der Waals surface area contributed by atoms with Crippen molar-refractivity contribution < 1.29 is 13.6 Å². The molecule has 0 aliphatic heterocycles. The van der Waals surface area contributed by atoms with E-state index in [0.29, 0.717) is 18.3 Å². The fraction of sp³-hybridized carbons (Fsp3) is 0.316. The van der Waals surface area contributed by atoms with E-state index >= 15 is 0 Å². The topological polar surface area (TPSA) is 32.3 Å². The molecule has 132 valence electrons. The van der Waals surface area contributed by atoms with Gasteiger partial charge in [0.15, 0.2) is 0 Å². The number of hydrogen-bond acceptors (Lipinski definition) is 2. The third kappa shape index (κ3) is 4.55. The Balaban J connectivity index is 1.70. The van der Waals surface area contributed by atoms with Gasteiger partial charge in [-0.3, -0.25) is 9.69 Å². The molecule has 1 atom stereocenters. The maximum atomic E-state index is 13.1. The zero-order valence-corrected chi connectivity index (χ0v) is 14.6. The number of carbonyl (C=O) groups excluding carboxylic acids is 1. The Morgan fingerprint density at radius 2 is 1.84 bits per heavy atom. The van der Waals surface area contributed by atoms with E-state index in [0.717, 1.165) is 18.4 Å². The number of carbonyl (C=O) groups is 1. The van der Waals surface area contributed by atoms with Gasteiger partial charge in [0.2, 0.25) is 5.91 Å². The number of hydrogen-bond donors (Lipinski definition) is 1. The maximum Gasteiger partial charge on any atom is 0.241 e. The zero-order valence-electron chi connectivity index (χ0n) is 13.8. The van der Waals surface area contributed by atoms with Crippen molar-refractivity contribution in [3.8, 4) is 0 Å². The van der Waals surface area contributed by atoms with Gasteiger partial charge >= 0.3 is 0 Å². The van der Waals surface area contributed by atoms with Crippen molar-refractivity contribution in [1.29, 1.82) is 0 Å². The molecule has 1 N–H and O–H groups in total. The molecule has 0 unspecified atom stereocenters. The molecule has 2 aromatic rings. The van der Waals surface area contributed by atoms with Crippen molar-refractivity contribution in [2.24, 2.45) is 0 Å². The summed E-state index contributed by atoms with van der Waals surface area (Å²) in [5.41, 5.74) is 1.34. The molecule has 1 aliphatic carbocycles. The van der Waals surface area contributed by atoms with Crippen LogP contribution in [0.15, 0.2) is 42.5 Å². The van der Waals surface area contributed by atoms with Gasteiger partial charge in [-0.2, -0.15) is 0 Å². The van der Waals surface area contributed by atoms with Crippen LogP contribution in [0.4, 0.5) is 14.5 Å². The second kappa shape index (κ2) is 7.50. The van der Waals surface area contributed by atoms with Crippen LogP contribution < -0.4 is 5.32 Å². The normalized spacial score (nSPS) is 15.2. The highest BCUT2D eigenvalue weighted by Crippen LogP contribution is 2.31. The Bertz CT molecular complexity index is 763. The van der Waals surface area contributed by atoms with E-state index in [1.54, 1.807) is 12.1 Å². The number of halogens is 3. The predicted octanol–water partition coefficient (Wildman–Crippen LogP) is 4.61. The summed E-state index contributed by atoms with van der Waals surface area (Å²) in [7, 11) is 0. The van der Waals surface area contributed by atoms with Crippen LogP contribution in [0.2, 0.25) is 5.02 Å². The van der Waals surface area contributed by atoms with Crippen LogP contribution in [0.25, 0.3) is 0 Å². The van der Waals surface area contributed by atoms with Gasteiger partial charge in [0.25, 0.3) is 0 Å². The standard InChI is InChI=1S/C19H19ClF2N2O/c1-12(19(25)23-18-9-6-15(22)10-17(18)20)24(16-7-8-16)11-13-2-4-14(21)5-3-13/h2-6,9-10,12,16H,7-8,11H2,1H3,(H,23,25)/t12-/m0/s1. The number of benzene rings is 2. The Kier molecular flexibility index (Phi) is 5.35. The molecular formula is C19H19ClF2N2O. The van der Waals surface area contributed by atoms with Gasteiger partial charge < -0.3 is 5.32 Å². The highest BCUT2D eigenvalue weighted by molar-refractivity contribution is 6.33. The minimum Gasteiger partial charge on any atom is -0.323 e. The molecule has 1 aliphatic rings. The summed E-state index contributed by atoms with van der Waals surface area (Å²) in [4.78, 5) is 14.7. The van der Waals surface area contributed by atoms with Crippen molar-refractivity contribution in [2.75, 3.05) is 5.32 Å². The molecule has 1 amide bonds. The highest BCUT2D eigenvalue weighted by Gasteiger charge is 2.35. The molecule has 25 heavy (non-hydrogen) atoms. The lowest BCUT2D eigenvalue weighted by Gasteiger charge is -2.28. The Hall–Kier alpha value is -1.98. The van der Waals surface area contributed by atoms with E-state index < -0.39 is 11.9 Å². The second-order valence-electron chi connectivity index (χ2n) is 6.32. The van der Waals surface area contributed by atoms with Crippen LogP contribution in [0.1, 0.15) is 25.3 Å². The molecule has 3 nitrogen and oxygen atoms in total. The van der Waals surface area contributed by atoms with Crippen molar-refractivity contribution >= 4 is 23.2 Å². The van der Waals surface area contributed by atoms with E-state index in [-0.39, 0.29) is 16.7 Å². The van der Waals surface area contributed by atoms with Crippen LogP contribution >= 0.6 is 11.6 Å². The Morgan fingerprint density at radius 3 is 2.44 bits per heavy atom. The van der Waals surface area contributed by atoms with Gasteiger partial charge in [-0.25, -0.2) is 8.78 Å². The lowest BCUT2D eigenvalue weighted by Crippen LogP contribution is -2.43. The van der Waals surface area contributed by atoms with Gasteiger partial charge in [0.05, 0.1) is 16.8 Å². The zero-order chi connectivity index (χ0) is 18.0. The fourth-order valence-electron chi connectivity index (χ4n) is 2.77. The van der Waals surface area contributed by atoms with Crippen molar-refractivity contribution in [3.63, 3.8) is 0 Å². The fourth-order valence-corrected chi connectivity index (χ4v) is 2.98. The van der Waals surface area contributed by atoms with Gasteiger partial charge in [-0.15, -0.1) is 0 Å². The van der Waals surface area contributed by atoms with E-state index in [2.05, 4.69) is 10.2 Å². The molecule has 0 saturated heterocycles. The third-order valence-electron chi connectivity index (χ3n) is 4.36. The summed E-state index contributed by atoms with van der Waals surface area (Å²) in [5.74, 6) is -0.937. The lowest BCUT2D eigenvalue weighted by molar-refractivity contribution is -0.121. The van der Waals surface area contributed by atoms with Gasteiger partial charge in [-0.05, 0) is 55.7 Å². The average molecular weight is 365 g/mol. The highest BCUT2D eigenvalue weighted by atomic mass is 35.5. The van der Waals surface area contributed by atoms with Crippen LogP contribution in [0, 0.1) is 11.6 Å². The Morgan fingerprint density at radius 1 is 1.20 bits per heavy atom. The second-order valence-corrected chi connectivity index (χ2v) is 6.73. The first-order chi connectivity index (χ1) is 11.9. The first-order valence-corrected chi connectivity index (χ1v) is 8.58. The molecular weight excluding hydrogens is 346 g/mol. The minimum atomic E-state index is -0.452. The number of nitrogens with zero attached hydrogens (tertiary/aromatic N) is 1. The van der Waals surface area contributed by atoms with Crippen molar-refractivity contribution in [1.82, 2.24) is 4.90 Å². The third-order valence-corrected chi connectivity index (χ3v) is 4.67. The van der Waals surface area contributed by atoms with E-state index in [1.165, 1.54) is 30.3 Å². The smallest absolute Gasteiger partial charge is 0.241 e. The summed E-state index contributed by atoms with van der Waals surface area (Å²) in [6, 6.07) is 10.1.